The van der Waals surface area contributed by atoms with Crippen LogP contribution in [0.2, 0.25) is 0 Å². The molecule has 0 aromatic heterocycles. The third-order valence-electron chi connectivity index (χ3n) is 3.46. The van der Waals surface area contributed by atoms with E-state index >= 15 is 0 Å². The molecule has 0 rings (SSSR count). The molecular weight excluding hydrogens is 304 g/mol. The maximum Gasteiger partial charge on any atom is 0.305 e. The lowest BCUT2D eigenvalue weighted by Gasteiger charge is -2.15. The summed E-state index contributed by atoms with van der Waals surface area (Å²) in [5.41, 5.74) is 0. The molecule has 0 amide bonds. The van der Waals surface area contributed by atoms with Crippen LogP contribution in [0.25, 0.3) is 0 Å². The largest absolute Gasteiger partial charge is 0.469 e. The highest BCUT2D eigenvalue weighted by Crippen LogP contribution is 2.22. The second-order valence-electron chi connectivity index (χ2n) is 5.31. The van der Waals surface area contributed by atoms with Crippen molar-refractivity contribution in [1.29, 1.82) is 0 Å². The molecule has 0 atom stereocenters. The van der Waals surface area contributed by atoms with Crippen LogP contribution >= 0.6 is 11.8 Å². The van der Waals surface area contributed by atoms with E-state index in [0.717, 1.165) is 44.3 Å². The van der Waals surface area contributed by atoms with Gasteiger partial charge in [0.25, 0.3) is 0 Å². The number of ether oxygens (including phenoxy) is 2. The zero-order valence-corrected chi connectivity index (χ0v) is 14.7. The molecule has 0 fully saturated rings. The van der Waals surface area contributed by atoms with E-state index in [1.54, 1.807) is 6.92 Å². The lowest BCUT2D eigenvalue weighted by atomic mass is 9.96. The van der Waals surface area contributed by atoms with E-state index < -0.39 is 0 Å². The molecule has 0 aliphatic rings. The number of methoxy groups -OCH3 is 2. The van der Waals surface area contributed by atoms with Gasteiger partial charge in [-0.3, -0.25) is 14.4 Å². The average molecular weight is 332 g/mol. The monoisotopic (exact) mass is 332 g/mol. The molecule has 0 aromatic carbocycles. The number of hydrogen-bond donors (Lipinski definition) is 0. The highest BCUT2D eigenvalue weighted by atomic mass is 32.2. The Hall–Kier alpha value is -1.04. The quantitative estimate of drug-likeness (QED) is 0.403. The van der Waals surface area contributed by atoms with Crippen molar-refractivity contribution in [3.63, 3.8) is 0 Å². The number of esters is 2. The highest BCUT2D eigenvalue weighted by Gasteiger charge is 2.11. The second-order valence-corrected chi connectivity index (χ2v) is 6.51. The van der Waals surface area contributed by atoms with Gasteiger partial charge in [-0.25, -0.2) is 0 Å². The van der Waals surface area contributed by atoms with Crippen LogP contribution in [0.4, 0.5) is 0 Å². The van der Waals surface area contributed by atoms with Gasteiger partial charge in [-0.1, -0.05) is 24.6 Å². The normalized spacial score (nSPS) is 10.5. The van der Waals surface area contributed by atoms with Crippen molar-refractivity contribution in [1.82, 2.24) is 0 Å². The van der Waals surface area contributed by atoms with Gasteiger partial charge in [0, 0.05) is 25.5 Å². The van der Waals surface area contributed by atoms with Gasteiger partial charge < -0.3 is 9.47 Å². The maximum atomic E-state index is 11.1. The Balaban J connectivity index is 3.95. The fraction of sp³-hybridized carbons (Fsp3) is 0.812. The van der Waals surface area contributed by atoms with Crippen molar-refractivity contribution in [3.05, 3.63) is 0 Å². The van der Waals surface area contributed by atoms with E-state index in [9.17, 15) is 14.4 Å². The molecule has 128 valence electrons. The molecule has 0 saturated carbocycles. The predicted molar refractivity (Wildman–Crippen MR) is 87.6 cm³/mol. The Morgan fingerprint density at radius 1 is 0.864 bits per heavy atom. The number of unbranched alkanes of at least 4 members (excludes halogenated alkanes) is 2. The SMILES string of the molecule is COC(=O)CCCCC(CCCCC(=O)OC)CSC(C)=O. The van der Waals surface area contributed by atoms with Crippen molar-refractivity contribution in [2.45, 2.75) is 58.3 Å². The molecule has 0 spiro atoms. The first-order chi connectivity index (χ1) is 10.5. The first kappa shape index (κ1) is 21.0. The van der Waals surface area contributed by atoms with Crippen LogP contribution in [0.5, 0.6) is 0 Å². The Kier molecular flexibility index (Phi) is 13.0. The smallest absolute Gasteiger partial charge is 0.305 e. The highest BCUT2D eigenvalue weighted by molar-refractivity contribution is 8.13. The molecule has 0 N–H and O–H groups in total. The molecule has 0 aromatic rings. The second kappa shape index (κ2) is 13.6. The lowest BCUT2D eigenvalue weighted by molar-refractivity contribution is -0.141. The van der Waals surface area contributed by atoms with Crippen LogP contribution < -0.4 is 0 Å². The van der Waals surface area contributed by atoms with E-state index in [2.05, 4.69) is 9.47 Å². The topological polar surface area (TPSA) is 69.7 Å². The van der Waals surface area contributed by atoms with Gasteiger partial charge in [0.1, 0.15) is 0 Å². The molecule has 0 radical (unpaired) electrons. The van der Waals surface area contributed by atoms with Gasteiger partial charge in [-0.2, -0.15) is 0 Å². The Bertz CT molecular complexity index is 319. The van der Waals surface area contributed by atoms with E-state index in [-0.39, 0.29) is 17.1 Å². The summed E-state index contributed by atoms with van der Waals surface area (Å²) in [6.45, 7) is 1.58. The van der Waals surface area contributed by atoms with Gasteiger partial charge in [0.15, 0.2) is 5.12 Å². The Labute approximate surface area is 137 Å². The van der Waals surface area contributed by atoms with Gasteiger partial charge in [-0.05, 0) is 31.6 Å². The van der Waals surface area contributed by atoms with Crippen LogP contribution in [0.1, 0.15) is 58.3 Å². The zero-order valence-electron chi connectivity index (χ0n) is 13.9. The molecule has 0 aliphatic heterocycles. The summed E-state index contributed by atoms with van der Waals surface area (Å²) < 4.78 is 9.23. The number of thioether (sulfide) groups is 1. The molecule has 5 nitrogen and oxygen atoms in total. The van der Waals surface area contributed by atoms with Crippen LogP contribution in [-0.4, -0.2) is 37.0 Å². The first-order valence-electron chi connectivity index (χ1n) is 7.76. The fourth-order valence-electron chi connectivity index (χ4n) is 2.16. The van der Waals surface area contributed by atoms with Crippen LogP contribution in [0.15, 0.2) is 0 Å². The minimum atomic E-state index is -0.173. The minimum absolute atomic E-state index is 0.133. The van der Waals surface area contributed by atoms with Crippen molar-refractivity contribution in [3.8, 4) is 0 Å². The van der Waals surface area contributed by atoms with Crippen molar-refractivity contribution in [2.24, 2.45) is 5.92 Å². The third-order valence-corrected chi connectivity index (χ3v) is 4.51. The molecule has 0 heterocycles. The van der Waals surface area contributed by atoms with Gasteiger partial charge in [0.05, 0.1) is 14.2 Å². The summed E-state index contributed by atoms with van der Waals surface area (Å²) in [5.74, 6) is 0.913. The van der Waals surface area contributed by atoms with Gasteiger partial charge in [0.2, 0.25) is 0 Å². The standard InChI is InChI=1S/C16H28O5S/c1-13(17)22-12-14(8-4-6-10-15(18)20-2)9-5-7-11-16(19)21-3/h14H,4-12H2,1-3H3. The van der Waals surface area contributed by atoms with E-state index in [0.29, 0.717) is 18.8 Å². The first-order valence-corrected chi connectivity index (χ1v) is 8.75. The average Bonchev–Trinajstić information content (AvgIpc) is 2.51. The van der Waals surface area contributed by atoms with E-state index in [4.69, 9.17) is 0 Å². The number of rotatable bonds is 12. The maximum absolute atomic E-state index is 11.1. The molecular formula is C16H28O5S. The summed E-state index contributed by atoms with van der Waals surface area (Å²) >= 11 is 1.35. The van der Waals surface area contributed by atoms with Gasteiger partial charge >= 0.3 is 11.9 Å². The predicted octanol–water partition coefficient (Wildman–Crippen LogP) is 3.35. The molecule has 0 unspecified atom stereocenters. The summed E-state index contributed by atoms with van der Waals surface area (Å²) in [6, 6.07) is 0. The lowest BCUT2D eigenvalue weighted by Crippen LogP contribution is -2.07. The Morgan fingerprint density at radius 3 is 1.68 bits per heavy atom. The molecule has 0 bridgehead atoms. The van der Waals surface area contributed by atoms with Crippen molar-refractivity contribution < 1.29 is 23.9 Å². The van der Waals surface area contributed by atoms with Crippen molar-refractivity contribution >= 4 is 28.8 Å². The van der Waals surface area contributed by atoms with E-state index in [1.165, 1.54) is 26.0 Å². The molecule has 6 heteroatoms. The number of carbonyl (C=O) groups excluding carboxylic acids is 3. The van der Waals surface area contributed by atoms with E-state index in [1.807, 2.05) is 0 Å². The molecule has 0 saturated heterocycles. The van der Waals surface area contributed by atoms with Crippen LogP contribution in [0.3, 0.4) is 0 Å². The fourth-order valence-corrected chi connectivity index (χ4v) is 2.96. The zero-order chi connectivity index (χ0) is 16.8. The van der Waals surface area contributed by atoms with Crippen LogP contribution in [0, 0.1) is 5.92 Å². The molecule has 22 heavy (non-hydrogen) atoms. The summed E-state index contributed by atoms with van der Waals surface area (Å²) in [4.78, 5) is 33.2. The minimum Gasteiger partial charge on any atom is -0.469 e. The Morgan fingerprint density at radius 2 is 1.32 bits per heavy atom. The third kappa shape index (κ3) is 12.7. The summed E-state index contributed by atoms with van der Waals surface area (Å²) in [6.07, 6.45) is 6.43. The van der Waals surface area contributed by atoms with Crippen LogP contribution in [-0.2, 0) is 23.9 Å². The molecule has 0 aliphatic carbocycles. The van der Waals surface area contributed by atoms with Gasteiger partial charge in [-0.15, -0.1) is 0 Å². The summed E-state index contributed by atoms with van der Waals surface area (Å²) in [7, 11) is 2.80. The number of hydrogen-bond acceptors (Lipinski definition) is 6. The summed E-state index contributed by atoms with van der Waals surface area (Å²) in [5, 5.41) is 0.133. The number of carbonyl (C=O) groups is 3. The van der Waals surface area contributed by atoms with Crippen molar-refractivity contribution in [2.75, 3.05) is 20.0 Å².